The average molecular weight is 530 g/mol. The van der Waals surface area contributed by atoms with Crippen LogP contribution in [0.2, 0.25) is 0 Å². The van der Waals surface area contributed by atoms with E-state index in [4.69, 9.17) is 15.2 Å². The fourth-order valence-electron chi connectivity index (χ4n) is 4.41. The molecule has 0 spiro atoms. The number of nitrogens with two attached hydrogens (primary N) is 1. The molecular formula is C27H36FN5O5. The van der Waals surface area contributed by atoms with Crippen LogP contribution in [0.5, 0.6) is 5.75 Å². The van der Waals surface area contributed by atoms with Gasteiger partial charge in [-0.1, -0.05) is 12.8 Å². The third-order valence-corrected chi connectivity index (χ3v) is 6.44. The smallest absolute Gasteiger partial charge is 0.224 e. The molecule has 2 aliphatic heterocycles. The van der Waals surface area contributed by atoms with E-state index in [1.54, 1.807) is 0 Å². The number of anilines is 2. The molecule has 0 aromatic heterocycles. The molecule has 2 heterocycles. The molecule has 2 aromatic rings. The van der Waals surface area contributed by atoms with Crippen LogP contribution in [0.4, 0.5) is 15.8 Å². The van der Waals surface area contributed by atoms with Crippen LogP contribution in [0.3, 0.4) is 0 Å². The summed E-state index contributed by atoms with van der Waals surface area (Å²) < 4.78 is 24.6. The Bertz CT molecular complexity index is 1100. The SMILES string of the molecule is Nc1cc(F)ccc1NC(=O)CCCCCCN1C=C(c2ccc(O[C@@H]3C[C@@H](O)C[C@@H](CO)O3)cc2)NN1. The third kappa shape index (κ3) is 8.06. The zero-order valence-electron chi connectivity index (χ0n) is 21.2. The molecule has 10 nitrogen and oxygen atoms in total. The zero-order chi connectivity index (χ0) is 26.9. The lowest BCUT2D eigenvalue weighted by Crippen LogP contribution is -2.40. The maximum absolute atomic E-state index is 13.1. The second-order valence-electron chi connectivity index (χ2n) is 9.55. The van der Waals surface area contributed by atoms with E-state index < -0.39 is 24.3 Å². The number of unbranched alkanes of at least 4 members (excludes halogenated alkanes) is 3. The van der Waals surface area contributed by atoms with Crippen LogP contribution in [0.15, 0.2) is 48.7 Å². The number of carbonyl (C=O) groups is 1. The number of rotatable bonds is 12. The summed E-state index contributed by atoms with van der Waals surface area (Å²) in [5.41, 5.74) is 14.6. The van der Waals surface area contributed by atoms with Gasteiger partial charge in [0.2, 0.25) is 12.2 Å². The van der Waals surface area contributed by atoms with Gasteiger partial charge in [-0.25, -0.2) is 4.39 Å². The van der Waals surface area contributed by atoms with Gasteiger partial charge < -0.3 is 36.2 Å². The molecule has 0 aliphatic carbocycles. The molecule has 38 heavy (non-hydrogen) atoms. The van der Waals surface area contributed by atoms with Gasteiger partial charge in [-0.3, -0.25) is 9.80 Å². The summed E-state index contributed by atoms with van der Waals surface area (Å²) >= 11 is 0. The van der Waals surface area contributed by atoms with Crippen LogP contribution in [0.1, 0.15) is 50.5 Å². The number of halogens is 1. The monoisotopic (exact) mass is 529 g/mol. The third-order valence-electron chi connectivity index (χ3n) is 6.44. The van der Waals surface area contributed by atoms with E-state index in [2.05, 4.69) is 16.3 Å². The predicted octanol–water partition coefficient (Wildman–Crippen LogP) is 2.86. The molecule has 0 unspecified atom stereocenters. The number of hydrogen-bond donors (Lipinski definition) is 6. The Kier molecular flexibility index (Phi) is 9.77. The first-order chi connectivity index (χ1) is 18.4. The summed E-state index contributed by atoms with van der Waals surface area (Å²) in [6, 6.07) is 11.5. The Morgan fingerprint density at radius 3 is 2.71 bits per heavy atom. The number of carbonyl (C=O) groups excluding carboxylic acids is 1. The Labute approximate surface area is 221 Å². The van der Waals surface area contributed by atoms with Crippen molar-refractivity contribution < 1.29 is 28.9 Å². The number of nitrogen functional groups attached to an aromatic ring is 1. The largest absolute Gasteiger partial charge is 0.465 e. The van der Waals surface area contributed by atoms with Gasteiger partial charge in [0.15, 0.2) is 0 Å². The quantitative estimate of drug-likeness (QED) is 0.181. The van der Waals surface area contributed by atoms with Gasteiger partial charge in [0, 0.05) is 37.6 Å². The Hall–Kier alpha value is -3.38. The van der Waals surface area contributed by atoms with Crippen LogP contribution in [-0.4, -0.2) is 52.8 Å². The predicted molar refractivity (Wildman–Crippen MR) is 142 cm³/mol. The summed E-state index contributed by atoms with van der Waals surface area (Å²) in [5.74, 6) is 0.0668. The number of aliphatic hydroxyl groups is 2. The molecule has 2 aliphatic rings. The highest BCUT2D eigenvalue weighted by atomic mass is 19.1. The van der Waals surface area contributed by atoms with E-state index in [-0.39, 0.29) is 18.2 Å². The van der Waals surface area contributed by atoms with Gasteiger partial charge >= 0.3 is 0 Å². The number of nitrogens with zero attached hydrogens (tertiary/aromatic N) is 1. The van der Waals surface area contributed by atoms with E-state index in [9.17, 15) is 19.4 Å². The summed E-state index contributed by atoms with van der Waals surface area (Å²) in [6.07, 6.45) is 5.23. The number of nitrogens with one attached hydrogen (secondary N) is 3. The maximum atomic E-state index is 13.1. The van der Waals surface area contributed by atoms with Gasteiger partial charge in [-0.15, -0.1) is 5.53 Å². The lowest BCUT2D eigenvalue weighted by atomic mass is 10.1. The Morgan fingerprint density at radius 2 is 1.95 bits per heavy atom. The van der Waals surface area contributed by atoms with Gasteiger partial charge in [0.1, 0.15) is 11.6 Å². The highest BCUT2D eigenvalue weighted by molar-refractivity contribution is 5.93. The van der Waals surface area contributed by atoms with E-state index in [1.165, 1.54) is 18.2 Å². The van der Waals surface area contributed by atoms with E-state index in [1.807, 2.05) is 35.5 Å². The van der Waals surface area contributed by atoms with Crippen molar-refractivity contribution in [2.75, 3.05) is 24.2 Å². The Morgan fingerprint density at radius 1 is 1.16 bits per heavy atom. The summed E-state index contributed by atoms with van der Waals surface area (Å²) in [5, 5.41) is 23.9. The minimum Gasteiger partial charge on any atom is -0.465 e. The lowest BCUT2D eigenvalue weighted by Gasteiger charge is -2.32. The average Bonchev–Trinajstić information content (AvgIpc) is 3.37. The van der Waals surface area contributed by atoms with Crippen molar-refractivity contribution in [3.8, 4) is 5.75 Å². The van der Waals surface area contributed by atoms with Crippen LogP contribution >= 0.6 is 0 Å². The van der Waals surface area contributed by atoms with Crippen molar-refractivity contribution >= 4 is 23.0 Å². The van der Waals surface area contributed by atoms with E-state index in [0.717, 1.165) is 43.5 Å². The molecule has 206 valence electrons. The highest BCUT2D eigenvalue weighted by Gasteiger charge is 2.29. The number of benzene rings is 2. The van der Waals surface area contributed by atoms with Gasteiger partial charge in [0.25, 0.3) is 0 Å². The number of aliphatic hydroxyl groups excluding tert-OH is 2. The van der Waals surface area contributed by atoms with Gasteiger partial charge in [-0.2, -0.15) is 0 Å². The summed E-state index contributed by atoms with van der Waals surface area (Å²) in [7, 11) is 0. The number of hydrazine groups is 2. The second-order valence-corrected chi connectivity index (χ2v) is 9.55. The first-order valence-corrected chi connectivity index (χ1v) is 13.0. The number of ether oxygens (including phenoxy) is 2. The fraction of sp³-hybridized carbons (Fsp3) is 0.444. The van der Waals surface area contributed by atoms with Crippen molar-refractivity contribution in [3.05, 3.63) is 60.0 Å². The van der Waals surface area contributed by atoms with E-state index in [0.29, 0.717) is 30.7 Å². The van der Waals surface area contributed by atoms with Crippen LogP contribution in [0.25, 0.3) is 5.70 Å². The van der Waals surface area contributed by atoms with E-state index >= 15 is 0 Å². The van der Waals surface area contributed by atoms with Crippen LogP contribution < -0.4 is 26.7 Å². The minimum atomic E-state index is -0.592. The van der Waals surface area contributed by atoms with Crippen molar-refractivity contribution in [1.29, 1.82) is 0 Å². The Balaban J connectivity index is 1.13. The first kappa shape index (κ1) is 27.6. The highest BCUT2D eigenvalue weighted by Crippen LogP contribution is 2.25. The summed E-state index contributed by atoms with van der Waals surface area (Å²) in [6.45, 7) is 0.661. The van der Waals surface area contributed by atoms with Crippen molar-refractivity contribution in [2.24, 2.45) is 0 Å². The molecule has 11 heteroatoms. The molecule has 3 atom stereocenters. The molecule has 2 aromatic carbocycles. The molecule has 1 saturated heterocycles. The van der Waals surface area contributed by atoms with Crippen molar-refractivity contribution in [3.63, 3.8) is 0 Å². The first-order valence-electron chi connectivity index (χ1n) is 13.0. The van der Waals surface area contributed by atoms with Crippen LogP contribution in [-0.2, 0) is 9.53 Å². The lowest BCUT2D eigenvalue weighted by molar-refractivity contribution is -0.184. The van der Waals surface area contributed by atoms with Crippen molar-refractivity contribution in [1.82, 2.24) is 16.0 Å². The normalized spacial score (nSPS) is 21.1. The molecule has 1 fully saturated rings. The molecule has 0 bridgehead atoms. The standard InChI is InChI=1S/C27H36FN5O5/c28-19-8-11-24(23(29)13-19)30-26(36)5-3-1-2-4-12-33-16-25(31-32-33)18-6-9-21(10-7-18)37-27-15-20(35)14-22(17-34)38-27/h6-11,13,16,20,22,27,31-32,34-35H,1-5,12,14-15,17,29H2,(H,30,36)/t20-,22-,27-/m0/s1. The maximum Gasteiger partial charge on any atom is 0.224 e. The molecule has 7 N–H and O–H groups in total. The van der Waals surface area contributed by atoms with Gasteiger partial charge in [0.05, 0.1) is 35.9 Å². The molecule has 1 amide bonds. The topological polar surface area (TPSA) is 141 Å². The van der Waals surface area contributed by atoms with Gasteiger partial charge in [-0.05, 0) is 55.3 Å². The second kappa shape index (κ2) is 13.4. The van der Waals surface area contributed by atoms with Crippen LogP contribution in [0, 0.1) is 5.82 Å². The number of hydrogen-bond acceptors (Lipinski definition) is 9. The molecule has 0 saturated carbocycles. The fourth-order valence-corrected chi connectivity index (χ4v) is 4.41. The number of amides is 1. The zero-order valence-corrected chi connectivity index (χ0v) is 21.2. The molecule has 0 radical (unpaired) electrons. The summed E-state index contributed by atoms with van der Waals surface area (Å²) in [4.78, 5) is 12.1. The molecule has 4 rings (SSSR count). The minimum absolute atomic E-state index is 0.129. The van der Waals surface area contributed by atoms with Crippen molar-refractivity contribution in [2.45, 2.75) is 63.4 Å². The molecular weight excluding hydrogens is 493 g/mol.